The van der Waals surface area contributed by atoms with Gasteiger partial charge in [-0.2, -0.15) is 0 Å². The first kappa shape index (κ1) is 12.0. The van der Waals surface area contributed by atoms with Gasteiger partial charge in [-0.15, -0.1) is 0 Å². The van der Waals surface area contributed by atoms with Gasteiger partial charge in [-0.25, -0.2) is 9.38 Å². The van der Waals surface area contributed by atoms with Crippen molar-refractivity contribution in [2.45, 2.75) is 32.4 Å². The zero-order chi connectivity index (χ0) is 13.4. The Morgan fingerprint density at radius 1 is 1.53 bits per heavy atom. The number of aliphatic imine (C=N–C) groups is 1. The van der Waals surface area contributed by atoms with E-state index in [2.05, 4.69) is 10.3 Å². The van der Waals surface area contributed by atoms with E-state index in [4.69, 9.17) is 10.2 Å². The minimum absolute atomic E-state index is 0.263. The molecule has 19 heavy (non-hydrogen) atoms. The van der Waals surface area contributed by atoms with Gasteiger partial charge in [0.1, 0.15) is 23.7 Å². The first-order chi connectivity index (χ1) is 9.13. The highest BCUT2D eigenvalue weighted by Crippen LogP contribution is 2.26. The third-order valence-electron chi connectivity index (χ3n) is 3.32. The highest BCUT2D eigenvalue weighted by Gasteiger charge is 2.21. The average Bonchev–Trinajstić information content (AvgIpc) is 3.13. The summed E-state index contributed by atoms with van der Waals surface area (Å²) in [5.74, 6) is 0.899. The van der Waals surface area contributed by atoms with Crippen LogP contribution < -0.4 is 11.1 Å². The van der Waals surface area contributed by atoms with E-state index in [1.807, 2.05) is 6.92 Å². The number of guanidine groups is 1. The van der Waals surface area contributed by atoms with Gasteiger partial charge in [-0.1, -0.05) is 0 Å². The number of halogens is 1. The van der Waals surface area contributed by atoms with Crippen molar-refractivity contribution in [1.29, 1.82) is 0 Å². The molecule has 4 nitrogen and oxygen atoms in total. The lowest BCUT2D eigenvalue weighted by Crippen LogP contribution is -2.33. The van der Waals surface area contributed by atoms with E-state index in [0.717, 1.165) is 29.6 Å². The van der Waals surface area contributed by atoms with Crippen molar-refractivity contribution in [2.24, 2.45) is 10.7 Å². The van der Waals surface area contributed by atoms with Crippen LogP contribution in [0, 0.1) is 12.7 Å². The van der Waals surface area contributed by atoms with Crippen molar-refractivity contribution in [3.63, 3.8) is 0 Å². The molecule has 3 rings (SSSR count). The summed E-state index contributed by atoms with van der Waals surface area (Å²) in [6.45, 7) is 2.27. The normalized spacial score (nSPS) is 16.0. The van der Waals surface area contributed by atoms with Gasteiger partial charge in [0.05, 0.1) is 0 Å². The Morgan fingerprint density at radius 2 is 2.32 bits per heavy atom. The lowest BCUT2D eigenvalue weighted by Gasteiger charge is -2.02. The fraction of sp³-hybridized carbons (Fsp3) is 0.357. The number of nitrogens with zero attached hydrogens (tertiary/aromatic N) is 1. The lowest BCUT2D eigenvalue weighted by molar-refractivity contribution is 0.547. The summed E-state index contributed by atoms with van der Waals surface area (Å²) in [5, 5.41) is 3.90. The largest absolute Gasteiger partial charge is 0.459 e. The molecule has 1 aliphatic carbocycles. The number of benzene rings is 1. The molecule has 100 valence electrons. The third-order valence-corrected chi connectivity index (χ3v) is 3.32. The smallest absolute Gasteiger partial charge is 0.189 e. The van der Waals surface area contributed by atoms with Crippen molar-refractivity contribution in [2.75, 3.05) is 0 Å². The SMILES string of the molecule is Cc1c(CN=C(N)NC2CC2)oc2ccc(F)cc12. The number of hydrogen-bond donors (Lipinski definition) is 2. The molecule has 0 aliphatic heterocycles. The van der Waals surface area contributed by atoms with Gasteiger partial charge in [0.2, 0.25) is 0 Å². The molecule has 3 N–H and O–H groups in total. The molecular formula is C14H16FN3O. The Balaban J connectivity index is 1.82. The van der Waals surface area contributed by atoms with Gasteiger partial charge >= 0.3 is 0 Å². The fourth-order valence-electron chi connectivity index (χ4n) is 2.03. The molecule has 5 heteroatoms. The van der Waals surface area contributed by atoms with Crippen LogP contribution in [0.5, 0.6) is 0 Å². The molecule has 0 radical (unpaired) electrons. The summed E-state index contributed by atoms with van der Waals surface area (Å²) in [6, 6.07) is 4.99. The third kappa shape index (κ3) is 2.54. The Hall–Kier alpha value is -2.04. The fourth-order valence-corrected chi connectivity index (χ4v) is 2.03. The Bertz CT molecular complexity index is 643. The summed E-state index contributed by atoms with van der Waals surface area (Å²) >= 11 is 0. The maximum atomic E-state index is 13.2. The van der Waals surface area contributed by atoms with Crippen LogP contribution in [0.4, 0.5) is 4.39 Å². The quantitative estimate of drug-likeness (QED) is 0.659. The predicted octanol–water partition coefficient (Wildman–Crippen LogP) is 2.45. The van der Waals surface area contributed by atoms with Gasteiger partial charge in [0.15, 0.2) is 5.96 Å². The van der Waals surface area contributed by atoms with E-state index < -0.39 is 0 Å². The molecule has 0 saturated heterocycles. The zero-order valence-electron chi connectivity index (χ0n) is 10.7. The topological polar surface area (TPSA) is 63.5 Å². The minimum atomic E-state index is -0.263. The number of rotatable bonds is 3. The van der Waals surface area contributed by atoms with Crippen LogP contribution in [-0.2, 0) is 6.54 Å². The van der Waals surface area contributed by atoms with Crippen molar-refractivity contribution < 1.29 is 8.81 Å². The monoisotopic (exact) mass is 261 g/mol. The Labute approximate surface area is 110 Å². The maximum absolute atomic E-state index is 13.2. The van der Waals surface area contributed by atoms with Gasteiger partial charge in [-0.3, -0.25) is 0 Å². The number of furan rings is 1. The van der Waals surface area contributed by atoms with E-state index in [1.165, 1.54) is 12.1 Å². The number of nitrogens with two attached hydrogens (primary N) is 1. The molecule has 0 unspecified atom stereocenters. The second-order valence-electron chi connectivity index (χ2n) is 4.91. The molecule has 0 spiro atoms. The molecule has 0 atom stereocenters. The van der Waals surface area contributed by atoms with E-state index in [9.17, 15) is 4.39 Å². The summed E-state index contributed by atoms with van der Waals surface area (Å²) in [6.07, 6.45) is 2.30. The van der Waals surface area contributed by atoms with Gasteiger partial charge in [0.25, 0.3) is 0 Å². The standard InChI is InChI=1S/C14H16FN3O/c1-8-11-6-9(15)2-5-12(11)19-13(8)7-17-14(16)18-10-3-4-10/h2,5-6,10H,3-4,7H2,1H3,(H3,16,17,18). The second kappa shape index (κ2) is 4.57. The van der Waals surface area contributed by atoms with Crippen LogP contribution in [-0.4, -0.2) is 12.0 Å². The predicted molar refractivity (Wildman–Crippen MR) is 72.4 cm³/mol. The average molecular weight is 261 g/mol. The van der Waals surface area contributed by atoms with Crippen LogP contribution in [0.15, 0.2) is 27.6 Å². The molecule has 1 aromatic heterocycles. The summed E-state index contributed by atoms with van der Waals surface area (Å²) in [4.78, 5) is 4.25. The van der Waals surface area contributed by atoms with Crippen molar-refractivity contribution in [3.05, 3.63) is 35.3 Å². The van der Waals surface area contributed by atoms with E-state index >= 15 is 0 Å². The molecule has 1 fully saturated rings. The lowest BCUT2D eigenvalue weighted by atomic mass is 10.1. The number of nitrogens with one attached hydrogen (secondary N) is 1. The van der Waals surface area contributed by atoms with E-state index in [-0.39, 0.29) is 5.82 Å². The van der Waals surface area contributed by atoms with Gasteiger partial charge in [-0.05, 0) is 38.0 Å². The highest BCUT2D eigenvalue weighted by atomic mass is 19.1. The Morgan fingerprint density at radius 3 is 3.05 bits per heavy atom. The number of fused-ring (bicyclic) bond motifs is 1. The van der Waals surface area contributed by atoms with Crippen molar-refractivity contribution in [1.82, 2.24) is 5.32 Å². The van der Waals surface area contributed by atoms with Gasteiger partial charge in [0, 0.05) is 17.0 Å². The molecule has 0 amide bonds. The van der Waals surface area contributed by atoms with E-state index in [0.29, 0.717) is 24.1 Å². The molecule has 0 bridgehead atoms. The molecular weight excluding hydrogens is 245 g/mol. The molecule has 1 saturated carbocycles. The zero-order valence-corrected chi connectivity index (χ0v) is 10.7. The molecule has 1 aliphatic rings. The minimum Gasteiger partial charge on any atom is -0.459 e. The summed E-state index contributed by atoms with van der Waals surface area (Å²) in [7, 11) is 0. The summed E-state index contributed by atoms with van der Waals surface area (Å²) in [5.41, 5.74) is 7.36. The van der Waals surface area contributed by atoms with Crippen LogP contribution >= 0.6 is 0 Å². The van der Waals surface area contributed by atoms with E-state index in [1.54, 1.807) is 6.07 Å². The second-order valence-corrected chi connectivity index (χ2v) is 4.91. The molecule has 1 heterocycles. The van der Waals surface area contributed by atoms with Crippen LogP contribution in [0.2, 0.25) is 0 Å². The number of hydrogen-bond acceptors (Lipinski definition) is 2. The van der Waals surface area contributed by atoms with Crippen LogP contribution in [0.25, 0.3) is 11.0 Å². The number of aryl methyl sites for hydroxylation is 1. The summed E-state index contributed by atoms with van der Waals surface area (Å²) < 4.78 is 18.9. The van der Waals surface area contributed by atoms with Crippen LogP contribution in [0.3, 0.4) is 0 Å². The first-order valence-electron chi connectivity index (χ1n) is 6.37. The van der Waals surface area contributed by atoms with Gasteiger partial charge < -0.3 is 15.5 Å². The molecule has 1 aromatic carbocycles. The van der Waals surface area contributed by atoms with Crippen molar-refractivity contribution >= 4 is 16.9 Å². The van der Waals surface area contributed by atoms with Crippen molar-refractivity contribution in [3.8, 4) is 0 Å². The first-order valence-corrected chi connectivity index (χ1v) is 6.37. The maximum Gasteiger partial charge on any atom is 0.189 e. The van der Waals surface area contributed by atoms with Crippen LogP contribution in [0.1, 0.15) is 24.2 Å². The highest BCUT2D eigenvalue weighted by molar-refractivity contribution is 5.82. The Kier molecular flexibility index (Phi) is 2.89. The molecule has 2 aromatic rings.